The third-order valence-electron chi connectivity index (χ3n) is 4.80. The summed E-state index contributed by atoms with van der Waals surface area (Å²) >= 11 is 0. The number of hydrogen-bond acceptors (Lipinski definition) is 3. The van der Waals surface area contributed by atoms with E-state index in [2.05, 4.69) is 50.4 Å². The molecule has 1 fully saturated rings. The van der Waals surface area contributed by atoms with Gasteiger partial charge in [0.05, 0.1) is 6.61 Å². The molecule has 2 rings (SSSR count). The Hall–Kier alpha value is -0.900. The Labute approximate surface area is 135 Å². The zero-order valence-corrected chi connectivity index (χ0v) is 14.3. The van der Waals surface area contributed by atoms with E-state index >= 15 is 0 Å². The Balaban J connectivity index is 1.89. The van der Waals surface area contributed by atoms with Gasteiger partial charge in [-0.15, -0.1) is 0 Å². The van der Waals surface area contributed by atoms with Crippen LogP contribution in [0.5, 0.6) is 0 Å². The van der Waals surface area contributed by atoms with Crippen LogP contribution in [0.2, 0.25) is 0 Å². The Morgan fingerprint density at radius 3 is 2.32 bits per heavy atom. The van der Waals surface area contributed by atoms with Gasteiger partial charge in [-0.25, -0.2) is 0 Å². The summed E-state index contributed by atoms with van der Waals surface area (Å²) in [7, 11) is 0. The lowest BCUT2D eigenvalue weighted by Crippen LogP contribution is -2.42. The van der Waals surface area contributed by atoms with Gasteiger partial charge < -0.3 is 15.2 Å². The van der Waals surface area contributed by atoms with Crippen molar-refractivity contribution in [2.45, 2.75) is 46.1 Å². The van der Waals surface area contributed by atoms with Crippen LogP contribution in [-0.2, 0) is 11.2 Å². The van der Waals surface area contributed by atoms with Gasteiger partial charge in [-0.2, -0.15) is 0 Å². The van der Waals surface area contributed by atoms with E-state index in [1.807, 2.05) is 0 Å². The number of hydrogen-bond donors (Lipinski definition) is 2. The molecular weight excluding hydrogens is 274 g/mol. The van der Waals surface area contributed by atoms with E-state index in [0.717, 1.165) is 39.0 Å². The topological polar surface area (TPSA) is 41.5 Å². The fourth-order valence-corrected chi connectivity index (χ4v) is 3.10. The molecule has 0 radical (unpaired) electrons. The maximum Gasteiger partial charge on any atom is 0.0501 e. The highest BCUT2D eigenvalue weighted by Gasteiger charge is 2.32. The van der Waals surface area contributed by atoms with E-state index < -0.39 is 0 Å². The van der Waals surface area contributed by atoms with Crippen LogP contribution >= 0.6 is 0 Å². The van der Waals surface area contributed by atoms with Crippen molar-refractivity contribution in [1.29, 1.82) is 0 Å². The summed E-state index contributed by atoms with van der Waals surface area (Å²) in [6.45, 7) is 9.31. The molecule has 0 aromatic heterocycles. The highest BCUT2D eigenvalue weighted by Crippen LogP contribution is 2.30. The third-order valence-corrected chi connectivity index (χ3v) is 4.80. The lowest BCUT2D eigenvalue weighted by Gasteiger charge is -2.36. The highest BCUT2D eigenvalue weighted by atomic mass is 16.5. The summed E-state index contributed by atoms with van der Waals surface area (Å²) in [6.07, 6.45) is 3.02. The molecule has 0 spiro atoms. The molecular formula is C19H31NO2. The molecule has 0 aliphatic carbocycles. The summed E-state index contributed by atoms with van der Waals surface area (Å²) in [5.74, 6) is 0.694. The molecule has 22 heavy (non-hydrogen) atoms. The molecule has 1 heterocycles. The second-order valence-electron chi connectivity index (χ2n) is 7.21. The predicted molar refractivity (Wildman–Crippen MR) is 91.0 cm³/mol. The van der Waals surface area contributed by atoms with Crippen LogP contribution in [0.3, 0.4) is 0 Å². The van der Waals surface area contributed by atoms with Gasteiger partial charge in [-0.3, -0.25) is 0 Å². The summed E-state index contributed by atoms with van der Waals surface area (Å²) in [5, 5.41) is 13.4. The zero-order chi connectivity index (χ0) is 16.0. The van der Waals surface area contributed by atoms with Gasteiger partial charge in [0.25, 0.3) is 0 Å². The van der Waals surface area contributed by atoms with Crippen molar-refractivity contribution < 1.29 is 9.84 Å². The van der Waals surface area contributed by atoms with Crippen molar-refractivity contribution in [3.8, 4) is 0 Å². The van der Waals surface area contributed by atoms with Crippen molar-refractivity contribution >= 4 is 0 Å². The Morgan fingerprint density at radius 1 is 1.14 bits per heavy atom. The average molecular weight is 305 g/mol. The van der Waals surface area contributed by atoms with Gasteiger partial charge in [-0.1, -0.05) is 38.1 Å². The molecule has 1 aliphatic heterocycles. The fourth-order valence-electron chi connectivity index (χ4n) is 3.10. The average Bonchev–Trinajstić information content (AvgIpc) is 2.54. The van der Waals surface area contributed by atoms with E-state index in [-0.39, 0.29) is 12.0 Å². The van der Waals surface area contributed by atoms with Crippen LogP contribution in [-0.4, -0.2) is 31.5 Å². The van der Waals surface area contributed by atoms with E-state index in [1.54, 1.807) is 0 Å². The van der Waals surface area contributed by atoms with Gasteiger partial charge >= 0.3 is 0 Å². The second-order valence-corrected chi connectivity index (χ2v) is 7.21. The summed E-state index contributed by atoms with van der Waals surface area (Å²) < 4.78 is 5.42. The Morgan fingerprint density at radius 2 is 1.77 bits per heavy atom. The third kappa shape index (κ3) is 4.80. The second kappa shape index (κ2) is 8.09. The molecule has 2 N–H and O–H groups in total. The fraction of sp³-hybridized carbons (Fsp3) is 0.684. The molecule has 3 nitrogen and oxygen atoms in total. The van der Waals surface area contributed by atoms with Gasteiger partial charge in [-0.05, 0) is 43.2 Å². The molecule has 1 aliphatic rings. The van der Waals surface area contributed by atoms with Crippen molar-refractivity contribution in [2.75, 3.05) is 26.4 Å². The van der Waals surface area contributed by atoms with E-state index in [4.69, 9.17) is 4.74 Å². The Bertz CT molecular complexity index is 435. The smallest absolute Gasteiger partial charge is 0.0501 e. The molecule has 0 amide bonds. The highest BCUT2D eigenvalue weighted by molar-refractivity contribution is 5.25. The normalized spacial score (nSPS) is 19.3. The number of aliphatic hydroxyl groups excluding tert-OH is 1. The number of benzene rings is 1. The minimum Gasteiger partial charge on any atom is -0.396 e. The molecule has 0 bridgehead atoms. The molecule has 1 aromatic carbocycles. The van der Waals surface area contributed by atoms with Gasteiger partial charge in [0.2, 0.25) is 0 Å². The molecule has 1 unspecified atom stereocenters. The summed E-state index contributed by atoms with van der Waals surface area (Å²) in [4.78, 5) is 0. The summed E-state index contributed by atoms with van der Waals surface area (Å²) in [5.41, 5.74) is 2.71. The number of rotatable bonds is 7. The zero-order valence-electron chi connectivity index (χ0n) is 14.3. The quantitative estimate of drug-likeness (QED) is 0.812. The van der Waals surface area contributed by atoms with Crippen LogP contribution < -0.4 is 5.32 Å². The van der Waals surface area contributed by atoms with Gasteiger partial charge in [0.1, 0.15) is 0 Å². The van der Waals surface area contributed by atoms with E-state index in [1.165, 1.54) is 11.1 Å². The molecule has 1 atom stereocenters. The lowest BCUT2D eigenvalue weighted by atomic mass is 9.80. The maximum absolute atomic E-state index is 9.75. The minimum absolute atomic E-state index is 0.00983. The van der Waals surface area contributed by atoms with Crippen molar-refractivity contribution in [3.05, 3.63) is 35.4 Å². The maximum atomic E-state index is 9.75. The van der Waals surface area contributed by atoms with Gasteiger partial charge in [0.15, 0.2) is 0 Å². The van der Waals surface area contributed by atoms with Crippen molar-refractivity contribution in [1.82, 2.24) is 5.32 Å². The van der Waals surface area contributed by atoms with Crippen LogP contribution in [0.1, 0.15) is 50.8 Å². The molecule has 3 heteroatoms. The van der Waals surface area contributed by atoms with Crippen LogP contribution in [0.4, 0.5) is 0 Å². The molecule has 0 saturated carbocycles. The Kier molecular flexibility index (Phi) is 6.42. The lowest BCUT2D eigenvalue weighted by molar-refractivity contribution is -0.0163. The molecule has 1 saturated heterocycles. The van der Waals surface area contributed by atoms with Gasteiger partial charge in [0, 0.05) is 31.2 Å². The number of aliphatic hydroxyl groups is 1. The van der Waals surface area contributed by atoms with E-state index in [9.17, 15) is 5.11 Å². The monoisotopic (exact) mass is 305 g/mol. The van der Waals surface area contributed by atoms with Crippen molar-refractivity contribution in [2.24, 2.45) is 11.3 Å². The SMILES string of the molecule is CC(C)Cc1ccc(C(C)NCC2(CO)CCOCC2)cc1. The minimum atomic E-state index is -0.00983. The first-order chi connectivity index (χ1) is 10.5. The van der Waals surface area contributed by atoms with E-state index in [0.29, 0.717) is 12.0 Å². The number of ether oxygens (including phenoxy) is 1. The first-order valence-electron chi connectivity index (χ1n) is 8.55. The first kappa shape index (κ1) is 17.5. The molecule has 1 aromatic rings. The van der Waals surface area contributed by atoms with Crippen LogP contribution in [0, 0.1) is 11.3 Å². The van der Waals surface area contributed by atoms with Crippen LogP contribution in [0.25, 0.3) is 0 Å². The summed E-state index contributed by atoms with van der Waals surface area (Å²) in [6, 6.07) is 9.24. The standard InChI is InChI=1S/C19H31NO2/c1-15(2)12-17-4-6-18(7-5-17)16(3)20-13-19(14-21)8-10-22-11-9-19/h4-7,15-16,20-21H,8-14H2,1-3H3. The largest absolute Gasteiger partial charge is 0.396 e. The predicted octanol–water partition coefficient (Wildman–Crippen LogP) is 3.32. The van der Waals surface area contributed by atoms with Crippen LogP contribution in [0.15, 0.2) is 24.3 Å². The van der Waals surface area contributed by atoms with Crippen molar-refractivity contribution in [3.63, 3.8) is 0 Å². The first-order valence-corrected chi connectivity index (χ1v) is 8.55. The number of nitrogens with one attached hydrogen (secondary N) is 1. The molecule has 124 valence electrons.